The van der Waals surface area contributed by atoms with Crippen molar-refractivity contribution in [2.75, 3.05) is 0 Å². The second-order valence-electron chi connectivity index (χ2n) is 4.95. The third-order valence-electron chi connectivity index (χ3n) is 3.26. The minimum Gasteiger partial charge on any atom is -0.344 e. The first-order valence-corrected chi connectivity index (χ1v) is 7.22. The Bertz CT molecular complexity index is 743. The van der Waals surface area contributed by atoms with Gasteiger partial charge in [-0.05, 0) is 37.8 Å². The van der Waals surface area contributed by atoms with Gasteiger partial charge in [0.2, 0.25) is 0 Å². The fourth-order valence-electron chi connectivity index (χ4n) is 2.34. The van der Waals surface area contributed by atoms with Crippen molar-refractivity contribution in [3.05, 3.63) is 40.9 Å². The lowest BCUT2D eigenvalue weighted by atomic mass is 10.1. The molecule has 3 rings (SSSR count). The number of carbonyl (C=O) groups excluding carboxylic acids is 2. The van der Waals surface area contributed by atoms with Crippen LogP contribution >= 0.6 is 11.8 Å². The number of para-hydroxylation sites is 1. The minimum absolute atomic E-state index is 0.311. The molecule has 1 N–H and O–H groups in total. The number of amides is 2. The number of nitrogens with one attached hydrogen (secondary N) is 1. The molecule has 0 atom stereocenters. The van der Waals surface area contributed by atoms with E-state index in [0.717, 1.165) is 28.2 Å². The van der Waals surface area contributed by atoms with Gasteiger partial charge in [-0.25, -0.2) is 0 Å². The van der Waals surface area contributed by atoms with Crippen molar-refractivity contribution in [3.63, 3.8) is 0 Å². The Morgan fingerprint density at radius 2 is 2.00 bits per heavy atom. The average molecular weight is 286 g/mol. The van der Waals surface area contributed by atoms with Crippen LogP contribution < -0.4 is 5.32 Å². The van der Waals surface area contributed by atoms with E-state index in [1.165, 1.54) is 0 Å². The summed E-state index contributed by atoms with van der Waals surface area (Å²) in [5.41, 5.74) is 2.09. The van der Waals surface area contributed by atoms with Crippen molar-refractivity contribution in [2.45, 2.75) is 19.9 Å². The molecule has 0 unspecified atom stereocenters. The predicted octanol–water partition coefficient (Wildman–Crippen LogP) is 3.55. The van der Waals surface area contributed by atoms with Gasteiger partial charge in [-0.3, -0.25) is 14.9 Å². The monoisotopic (exact) mass is 286 g/mol. The zero-order chi connectivity index (χ0) is 14.3. The van der Waals surface area contributed by atoms with E-state index in [4.69, 9.17) is 0 Å². The normalized spacial score (nSPS) is 17.4. The van der Waals surface area contributed by atoms with Gasteiger partial charge in [0.15, 0.2) is 0 Å². The molecule has 2 heterocycles. The smallest absolute Gasteiger partial charge is 0.290 e. The molecule has 1 saturated heterocycles. The fraction of sp³-hybridized carbons (Fsp3) is 0.200. The lowest BCUT2D eigenvalue weighted by Gasteiger charge is -2.08. The van der Waals surface area contributed by atoms with E-state index < -0.39 is 0 Å². The van der Waals surface area contributed by atoms with Crippen LogP contribution in [0.4, 0.5) is 4.79 Å². The van der Waals surface area contributed by atoms with Crippen molar-refractivity contribution in [1.82, 2.24) is 9.88 Å². The summed E-state index contributed by atoms with van der Waals surface area (Å²) in [6, 6.07) is 8.39. The first-order valence-electron chi connectivity index (χ1n) is 6.40. The zero-order valence-electron chi connectivity index (χ0n) is 11.2. The molecule has 1 aliphatic rings. The van der Waals surface area contributed by atoms with Crippen LogP contribution in [0.15, 0.2) is 35.4 Å². The third kappa shape index (κ3) is 2.14. The Morgan fingerprint density at radius 1 is 1.25 bits per heavy atom. The number of hydrogen-bond acceptors (Lipinski definition) is 3. The molecule has 1 aromatic heterocycles. The van der Waals surface area contributed by atoms with Crippen LogP contribution in [-0.4, -0.2) is 15.7 Å². The molecule has 0 spiro atoms. The van der Waals surface area contributed by atoms with E-state index in [1.54, 1.807) is 6.08 Å². The molecule has 0 aliphatic carbocycles. The summed E-state index contributed by atoms with van der Waals surface area (Å²) in [6.45, 7) is 4.23. The summed E-state index contributed by atoms with van der Waals surface area (Å²) in [4.78, 5) is 23.3. The van der Waals surface area contributed by atoms with Crippen LogP contribution in [0, 0.1) is 0 Å². The molecule has 4 nitrogen and oxygen atoms in total. The van der Waals surface area contributed by atoms with Crippen LogP contribution in [0.2, 0.25) is 0 Å². The molecule has 2 amide bonds. The molecule has 1 aliphatic heterocycles. The Kier molecular flexibility index (Phi) is 3.14. The number of hydrogen-bond donors (Lipinski definition) is 1. The molecule has 2 aromatic rings. The van der Waals surface area contributed by atoms with Crippen molar-refractivity contribution in [1.29, 1.82) is 0 Å². The highest BCUT2D eigenvalue weighted by Gasteiger charge is 2.25. The number of thioether (sulfide) groups is 1. The second-order valence-corrected chi connectivity index (χ2v) is 5.97. The molecular formula is C15H14N2O2S. The van der Waals surface area contributed by atoms with E-state index in [2.05, 4.69) is 29.8 Å². The molecular weight excluding hydrogens is 272 g/mol. The van der Waals surface area contributed by atoms with E-state index in [-0.39, 0.29) is 11.1 Å². The number of benzene rings is 1. The zero-order valence-corrected chi connectivity index (χ0v) is 12.0. The molecule has 20 heavy (non-hydrogen) atoms. The van der Waals surface area contributed by atoms with Gasteiger partial charge in [0, 0.05) is 28.7 Å². The first kappa shape index (κ1) is 13.0. The molecule has 0 bridgehead atoms. The van der Waals surface area contributed by atoms with Gasteiger partial charge < -0.3 is 4.57 Å². The molecule has 5 heteroatoms. The van der Waals surface area contributed by atoms with Crippen molar-refractivity contribution >= 4 is 39.9 Å². The van der Waals surface area contributed by atoms with Crippen LogP contribution in [0.25, 0.3) is 17.0 Å². The molecule has 1 fully saturated rings. The SMILES string of the molecule is CC(C)n1cc(C=C2SC(=O)NC2=O)c2ccccc21. The van der Waals surface area contributed by atoms with Crippen molar-refractivity contribution in [3.8, 4) is 0 Å². The number of carbonyl (C=O) groups is 2. The fourth-order valence-corrected chi connectivity index (χ4v) is 3.01. The summed E-state index contributed by atoms with van der Waals surface area (Å²) in [5, 5.41) is 3.05. The highest BCUT2D eigenvalue weighted by Crippen LogP contribution is 2.30. The Balaban J connectivity index is 2.15. The van der Waals surface area contributed by atoms with Crippen LogP contribution in [0.1, 0.15) is 25.5 Å². The molecule has 1 aromatic carbocycles. The largest absolute Gasteiger partial charge is 0.344 e. The Morgan fingerprint density at radius 3 is 2.65 bits per heavy atom. The van der Waals surface area contributed by atoms with Crippen molar-refractivity contribution in [2.24, 2.45) is 0 Å². The van der Waals surface area contributed by atoms with Gasteiger partial charge in [0.25, 0.3) is 11.1 Å². The van der Waals surface area contributed by atoms with Gasteiger partial charge in [0.05, 0.1) is 4.91 Å². The van der Waals surface area contributed by atoms with E-state index >= 15 is 0 Å². The predicted molar refractivity (Wildman–Crippen MR) is 81.4 cm³/mol. The first-order chi connectivity index (χ1) is 9.56. The maximum Gasteiger partial charge on any atom is 0.290 e. The molecule has 102 valence electrons. The standard InChI is InChI=1S/C15H14N2O2S/c1-9(2)17-8-10(11-5-3-4-6-12(11)17)7-13-14(18)16-15(19)20-13/h3-9H,1-2H3,(H,16,18,19). The van der Waals surface area contributed by atoms with Gasteiger partial charge in [-0.2, -0.15) is 0 Å². The lowest BCUT2D eigenvalue weighted by Crippen LogP contribution is -2.17. The maximum atomic E-state index is 11.6. The summed E-state index contributed by atoms with van der Waals surface area (Å²) >= 11 is 0.947. The number of nitrogens with zero attached hydrogens (tertiary/aromatic N) is 1. The van der Waals surface area contributed by atoms with Crippen molar-refractivity contribution < 1.29 is 9.59 Å². The highest BCUT2D eigenvalue weighted by atomic mass is 32.2. The lowest BCUT2D eigenvalue weighted by molar-refractivity contribution is -0.115. The Labute approximate surface area is 120 Å². The van der Waals surface area contributed by atoms with Gasteiger partial charge in [-0.1, -0.05) is 18.2 Å². The van der Waals surface area contributed by atoms with Crippen LogP contribution in [0.3, 0.4) is 0 Å². The minimum atomic E-state index is -0.318. The van der Waals surface area contributed by atoms with E-state index in [0.29, 0.717) is 10.9 Å². The van der Waals surface area contributed by atoms with E-state index in [1.807, 2.05) is 24.4 Å². The number of rotatable bonds is 2. The third-order valence-corrected chi connectivity index (χ3v) is 4.07. The quantitative estimate of drug-likeness (QED) is 0.859. The topological polar surface area (TPSA) is 51.1 Å². The Hall–Kier alpha value is -2.01. The average Bonchev–Trinajstić information content (AvgIpc) is 2.92. The van der Waals surface area contributed by atoms with E-state index in [9.17, 15) is 9.59 Å². The van der Waals surface area contributed by atoms with Gasteiger partial charge in [0.1, 0.15) is 0 Å². The number of aromatic nitrogens is 1. The number of imide groups is 1. The summed E-state index contributed by atoms with van der Waals surface area (Å²) in [5.74, 6) is -0.318. The summed E-state index contributed by atoms with van der Waals surface area (Å²) in [7, 11) is 0. The second kappa shape index (κ2) is 4.83. The molecule has 0 radical (unpaired) electrons. The highest BCUT2D eigenvalue weighted by molar-refractivity contribution is 8.18. The van der Waals surface area contributed by atoms with Gasteiger partial charge >= 0.3 is 0 Å². The van der Waals surface area contributed by atoms with Gasteiger partial charge in [-0.15, -0.1) is 0 Å². The van der Waals surface area contributed by atoms with Crippen LogP contribution in [-0.2, 0) is 4.79 Å². The summed E-state index contributed by atoms with van der Waals surface area (Å²) in [6.07, 6.45) is 3.81. The number of fused-ring (bicyclic) bond motifs is 1. The summed E-state index contributed by atoms with van der Waals surface area (Å²) < 4.78 is 2.17. The maximum absolute atomic E-state index is 11.6. The molecule has 0 saturated carbocycles. The van der Waals surface area contributed by atoms with Crippen LogP contribution in [0.5, 0.6) is 0 Å².